The van der Waals surface area contributed by atoms with Gasteiger partial charge in [0.15, 0.2) is 0 Å². The minimum Gasteiger partial charge on any atom is -0.396 e. The fraction of sp³-hybridized carbons (Fsp3) is 0.750. The summed E-state index contributed by atoms with van der Waals surface area (Å²) >= 11 is 0. The van der Waals surface area contributed by atoms with Crippen LogP contribution >= 0.6 is 0 Å². The molecule has 1 aliphatic heterocycles. The Labute approximate surface area is 61.5 Å². The maximum atomic E-state index is 8.77. The second-order valence-electron chi connectivity index (χ2n) is 2.71. The average molecular weight is 142 g/mol. The van der Waals surface area contributed by atoms with Gasteiger partial charge in [0, 0.05) is 12.5 Å². The van der Waals surface area contributed by atoms with E-state index >= 15 is 0 Å². The first kappa shape index (κ1) is 7.76. The molecule has 0 radical (unpaired) electrons. The molecule has 2 heteroatoms. The van der Waals surface area contributed by atoms with Crippen LogP contribution in [0.4, 0.5) is 0 Å². The molecule has 58 valence electrons. The van der Waals surface area contributed by atoms with Gasteiger partial charge in [-0.3, -0.25) is 0 Å². The third kappa shape index (κ3) is 1.82. The van der Waals surface area contributed by atoms with Gasteiger partial charge in [-0.1, -0.05) is 19.1 Å². The lowest BCUT2D eigenvalue weighted by molar-refractivity contribution is 0.0254. The van der Waals surface area contributed by atoms with Crippen LogP contribution in [0.1, 0.15) is 13.3 Å². The van der Waals surface area contributed by atoms with E-state index in [1.165, 1.54) is 0 Å². The van der Waals surface area contributed by atoms with Crippen molar-refractivity contribution in [1.82, 2.24) is 0 Å². The molecular weight excluding hydrogens is 128 g/mol. The maximum absolute atomic E-state index is 8.77. The molecule has 0 bridgehead atoms. The average Bonchev–Trinajstić information content (AvgIpc) is 2.05. The van der Waals surface area contributed by atoms with Gasteiger partial charge in [-0.25, -0.2) is 0 Å². The second-order valence-corrected chi connectivity index (χ2v) is 2.71. The van der Waals surface area contributed by atoms with Crippen molar-refractivity contribution in [3.8, 4) is 0 Å². The van der Waals surface area contributed by atoms with Crippen LogP contribution in [-0.2, 0) is 4.74 Å². The molecule has 1 aliphatic rings. The lowest BCUT2D eigenvalue weighted by Gasteiger charge is -2.22. The molecule has 1 heterocycles. The highest BCUT2D eigenvalue weighted by atomic mass is 16.5. The largest absolute Gasteiger partial charge is 0.396 e. The molecule has 2 nitrogen and oxygen atoms in total. The molecule has 10 heavy (non-hydrogen) atoms. The third-order valence-electron chi connectivity index (χ3n) is 1.77. The Morgan fingerprint density at radius 3 is 3.10 bits per heavy atom. The van der Waals surface area contributed by atoms with Crippen molar-refractivity contribution in [3.05, 3.63) is 12.2 Å². The first-order valence-corrected chi connectivity index (χ1v) is 3.73. The zero-order valence-corrected chi connectivity index (χ0v) is 6.29. The molecule has 0 amide bonds. The smallest absolute Gasteiger partial charge is 0.0803 e. The highest BCUT2D eigenvalue weighted by Crippen LogP contribution is 2.12. The second kappa shape index (κ2) is 3.74. The Kier molecular flexibility index (Phi) is 2.90. The van der Waals surface area contributed by atoms with Crippen LogP contribution in [0.15, 0.2) is 12.2 Å². The van der Waals surface area contributed by atoms with E-state index in [9.17, 15) is 0 Å². The van der Waals surface area contributed by atoms with Crippen molar-refractivity contribution in [2.24, 2.45) is 5.92 Å². The van der Waals surface area contributed by atoms with Crippen molar-refractivity contribution in [1.29, 1.82) is 0 Å². The van der Waals surface area contributed by atoms with Crippen LogP contribution in [-0.4, -0.2) is 24.4 Å². The van der Waals surface area contributed by atoms with Gasteiger partial charge in [0.05, 0.1) is 12.7 Å². The molecule has 0 unspecified atom stereocenters. The first-order valence-electron chi connectivity index (χ1n) is 3.73. The van der Waals surface area contributed by atoms with Crippen LogP contribution < -0.4 is 0 Å². The van der Waals surface area contributed by atoms with Gasteiger partial charge in [0.25, 0.3) is 0 Å². The summed E-state index contributed by atoms with van der Waals surface area (Å²) in [5, 5.41) is 8.77. The van der Waals surface area contributed by atoms with Gasteiger partial charge in [-0.15, -0.1) is 0 Å². The van der Waals surface area contributed by atoms with Crippen LogP contribution in [0.5, 0.6) is 0 Å². The topological polar surface area (TPSA) is 29.5 Å². The van der Waals surface area contributed by atoms with Gasteiger partial charge in [-0.05, 0) is 6.42 Å². The van der Waals surface area contributed by atoms with Gasteiger partial charge >= 0.3 is 0 Å². The molecule has 0 aromatic rings. The Morgan fingerprint density at radius 2 is 2.60 bits per heavy atom. The molecular formula is C8H14O2. The molecule has 0 fully saturated rings. The van der Waals surface area contributed by atoms with E-state index in [1.54, 1.807) is 0 Å². The zero-order chi connectivity index (χ0) is 7.40. The molecule has 0 aliphatic carbocycles. The van der Waals surface area contributed by atoms with Crippen molar-refractivity contribution in [2.75, 3.05) is 13.2 Å². The summed E-state index contributed by atoms with van der Waals surface area (Å²) in [4.78, 5) is 0. The normalized spacial score (nSPS) is 28.4. The maximum Gasteiger partial charge on any atom is 0.0803 e. The fourth-order valence-electron chi connectivity index (χ4n) is 1.02. The molecule has 0 aromatic carbocycles. The van der Waals surface area contributed by atoms with E-state index in [4.69, 9.17) is 9.84 Å². The Balaban J connectivity index is 2.38. The number of ether oxygens (including phenoxy) is 1. The summed E-state index contributed by atoms with van der Waals surface area (Å²) in [6.45, 7) is 2.99. The summed E-state index contributed by atoms with van der Waals surface area (Å²) in [7, 11) is 0. The number of aliphatic hydroxyl groups is 1. The highest BCUT2D eigenvalue weighted by Gasteiger charge is 2.15. The minimum atomic E-state index is 0.138. The van der Waals surface area contributed by atoms with Crippen molar-refractivity contribution in [2.45, 2.75) is 19.4 Å². The predicted molar refractivity (Wildman–Crippen MR) is 39.7 cm³/mol. The molecule has 2 atom stereocenters. The van der Waals surface area contributed by atoms with Gasteiger partial charge < -0.3 is 9.84 Å². The Bertz CT molecular complexity index is 120. The van der Waals surface area contributed by atoms with Crippen LogP contribution in [0.25, 0.3) is 0 Å². The summed E-state index contributed by atoms with van der Waals surface area (Å²) in [5.74, 6) is 0.233. The van der Waals surface area contributed by atoms with Gasteiger partial charge in [0.2, 0.25) is 0 Å². The Hall–Kier alpha value is -0.340. The van der Waals surface area contributed by atoms with Crippen LogP contribution in [0.3, 0.4) is 0 Å². The summed E-state index contributed by atoms with van der Waals surface area (Å²) < 4.78 is 5.38. The standard InChI is InChI=1S/C8H14O2/c1-7(6-9)8-4-2-3-5-10-8/h2,4,7-9H,3,5-6H2,1H3/t7-,8-/m1/s1. The first-order chi connectivity index (χ1) is 4.84. The van der Waals surface area contributed by atoms with E-state index in [0.29, 0.717) is 0 Å². The van der Waals surface area contributed by atoms with Gasteiger partial charge in [0.1, 0.15) is 0 Å². The number of hydrogen-bond acceptors (Lipinski definition) is 2. The summed E-state index contributed by atoms with van der Waals surface area (Å²) in [5.41, 5.74) is 0. The molecule has 0 spiro atoms. The zero-order valence-electron chi connectivity index (χ0n) is 6.29. The van der Waals surface area contributed by atoms with E-state index in [2.05, 4.69) is 6.08 Å². The third-order valence-corrected chi connectivity index (χ3v) is 1.77. The SMILES string of the molecule is C[C@H](CO)[C@H]1C=CCCO1. The Morgan fingerprint density at radius 1 is 1.80 bits per heavy atom. The molecule has 0 saturated heterocycles. The van der Waals surface area contributed by atoms with Crippen LogP contribution in [0, 0.1) is 5.92 Å². The predicted octanol–water partition coefficient (Wildman–Crippen LogP) is 0.960. The lowest BCUT2D eigenvalue weighted by Crippen LogP contribution is -2.24. The highest BCUT2D eigenvalue weighted by molar-refractivity contribution is 4.95. The monoisotopic (exact) mass is 142 g/mol. The van der Waals surface area contributed by atoms with Crippen molar-refractivity contribution >= 4 is 0 Å². The lowest BCUT2D eigenvalue weighted by atomic mass is 10.0. The van der Waals surface area contributed by atoms with Crippen LogP contribution in [0.2, 0.25) is 0 Å². The number of aliphatic hydroxyl groups excluding tert-OH is 1. The number of hydrogen-bond donors (Lipinski definition) is 1. The minimum absolute atomic E-state index is 0.138. The molecule has 1 rings (SSSR count). The summed E-state index contributed by atoms with van der Waals surface area (Å²) in [6, 6.07) is 0. The van der Waals surface area contributed by atoms with E-state index in [0.717, 1.165) is 13.0 Å². The van der Waals surface area contributed by atoms with Crippen molar-refractivity contribution in [3.63, 3.8) is 0 Å². The molecule has 0 saturated carbocycles. The fourth-order valence-corrected chi connectivity index (χ4v) is 1.02. The molecule has 0 aromatic heterocycles. The quantitative estimate of drug-likeness (QED) is 0.582. The van der Waals surface area contributed by atoms with E-state index in [-0.39, 0.29) is 18.6 Å². The van der Waals surface area contributed by atoms with E-state index in [1.807, 2.05) is 13.0 Å². The van der Waals surface area contributed by atoms with Gasteiger partial charge in [-0.2, -0.15) is 0 Å². The van der Waals surface area contributed by atoms with E-state index < -0.39 is 0 Å². The van der Waals surface area contributed by atoms with Crippen molar-refractivity contribution < 1.29 is 9.84 Å². The number of rotatable bonds is 2. The summed E-state index contributed by atoms with van der Waals surface area (Å²) in [6.07, 6.45) is 5.29. The molecule has 1 N–H and O–H groups in total.